The Hall–Kier alpha value is -3.84. The first-order chi connectivity index (χ1) is 16.5. The van der Waals surface area contributed by atoms with Crippen molar-refractivity contribution in [3.05, 3.63) is 71.8 Å². The second kappa shape index (κ2) is 9.07. The van der Waals surface area contributed by atoms with Crippen LogP contribution in [0.3, 0.4) is 0 Å². The molecule has 7 nitrogen and oxygen atoms in total. The first-order valence-corrected chi connectivity index (χ1v) is 9.89. The van der Waals surface area contributed by atoms with Crippen LogP contribution in [0, 0.1) is 0 Å². The molecule has 0 saturated carbocycles. The largest absolute Gasteiger partial charge is 0.418 e. The first kappa shape index (κ1) is 24.3. The Balaban J connectivity index is 1.72. The molecule has 1 unspecified atom stereocenters. The first-order valence-electron chi connectivity index (χ1n) is 9.89. The number of nitrogens with zero attached hydrogens (tertiary/aromatic N) is 4. The second-order valence-electron chi connectivity index (χ2n) is 7.38. The summed E-state index contributed by atoms with van der Waals surface area (Å²) < 4.78 is 79.4. The quantitative estimate of drug-likeness (QED) is 0.339. The van der Waals surface area contributed by atoms with Gasteiger partial charge >= 0.3 is 12.4 Å². The number of alkyl halides is 6. The standard InChI is InChI=1S/C22H15F6N5O2/c23-21(24,25)13-1-3-14(4-2-13)33-20-19-16(31-10-32-20)6-12(8-30-19)18-15(22(26,27)28)5-11(7-29-18)17(35)9-34/h1-8,10,17,34-35H,9H2,(H,31,32,33). The molecular weight excluding hydrogens is 480 g/mol. The molecule has 0 aliphatic heterocycles. The van der Waals surface area contributed by atoms with Gasteiger partial charge in [-0.1, -0.05) is 0 Å². The van der Waals surface area contributed by atoms with Gasteiger partial charge in [-0.25, -0.2) is 15.0 Å². The zero-order valence-electron chi connectivity index (χ0n) is 17.4. The third-order valence-corrected chi connectivity index (χ3v) is 5.00. The average molecular weight is 495 g/mol. The minimum Gasteiger partial charge on any atom is -0.393 e. The van der Waals surface area contributed by atoms with Gasteiger partial charge in [0.2, 0.25) is 0 Å². The highest BCUT2D eigenvalue weighted by Crippen LogP contribution is 2.38. The van der Waals surface area contributed by atoms with Gasteiger partial charge in [-0.05, 0) is 36.4 Å². The van der Waals surface area contributed by atoms with E-state index >= 15 is 0 Å². The highest BCUT2D eigenvalue weighted by atomic mass is 19.4. The molecule has 35 heavy (non-hydrogen) atoms. The molecule has 0 aliphatic carbocycles. The average Bonchev–Trinajstić information content (AvgIpc) is 2.82. The molecule has 1 aromatic carbocycles. The van der Waals surface area contributed by atoms with Gasteiger partial charge in [-0.2, -0.15) is 26.3 Å². The summed E-state index contributed by atoms with van der Waals surface area (Å²) in [4.78, 5) is 16.0. The summed E-state index contributed by atoms with van der Waals surface area (Å²) in [5, 5.41) is 21.5. The number of anilines is 2. The van der Waals surface area contributed by atoms with Crippen LogP contribution >= 0.6 is 0 Å². The van der Waals surface area contributed by atoms with Crippen molar-refractivity contribution in [3.8, 4) is 11.3 Å². The number of rotatable bonds is 5. The van der Waals surface area contributed by atoms with Crippen molar-refractivity contribution < 1.29 is 36.6 Å². The Morgan fingerprint density at radius 3 is 2.20 bits per heavy atom. The van der Waals surface area contributed by atoms with E-state index in [1.807, 2.05) is 0 Å². The van der Waals surface area contributed by atoms with Crippen molar-refractivity contribution in [1.29, 1.82) is 0 Å². The number of fused-ring (bicyclic) bond motifs is 1. The third-order valence-electron chi connectivity index (χ3n) is 5.00. The lowest BCUT2D eigenvalue weighted by atomic mass is 10.0. The van der Waals surface area contributed by atoms with Crippen molar-refractivity contribution in [3.63, 3.8) is 0 Å². The molecule has 3 N–H and O–H groups in total. The molecule has 0 bridgehead atoms. The maximum Gasteiger partial charge on any atom is 0.418 e. The molecule has 4 aromatic rings. The summed E-state index contributed by atoms with van der Waals surface area (Å²) in [5.74, 6) is 0.131. The smallest absolute Gasteiger partial charge is 0.393 e. The van der Waals surface area contributed by atoms with Gasteiger partial charge in [-0.15, -0.1) is 0 Å². The number of hydrogen-bond donors (Lipinski definition) is 3. The van der Waals surface area contributed by atoms with Crippen molar-refractivity contribution >= 4 is 22.5 Å². The minimum atomic E-state index is -4.82. The van der Waals surface area contributed by atoms with E-state index in [9.17, 15) is 31.4 Å². The fraction of sp³-hybridized carbons (Fsp3) is 0.182. The van der Waals surface area contributed by atoms with Crippen LogP contribution in [0.1, 0.15) is 22.8 Å². The van der Waals surface area contributed by atoms with Crippen molar-refractivity contribution in [2.24, 2.45) is 0 Å². The fourth-order valence-electron chi connectivity index (χ4n) is 3.26. The number of hydrogen-bond acceptors (Lipinski definition) is 7. The number of benzene rings is 1. The van der Waals surface area contributed by atoms with Crippen molar-refractivity contribution in [1.82, 2.24) is 19.9 Å². The highest BCUT2D eigenvalue weighted by Gasteiger charge is 2.35. The number of halogens is 6. The summed E-state index contributed by atoms with van der Waals surface area (Å²) in [6.07, 6.45) is -7.56. The molecule has 182 valence electrons. The van der Waals surface area contributed by atoms with E-state index in [2.05, 4.69) is 25.3 Å². The molecular formula is C22H15F6N5O2. The van der Waals surface area contributed by atoms with E-state index in [4.69, 9.17) is 5.11 Å². The summed E-state index contributed by atoms with van der Waals surface area (Å²) in [6.45, 7) is -0.776. The lowest BCUT2D eigenvalue weighted by Gasteiger charge is -2.16. The Labute approximate surface area is 193 Å². The lowest BCUT2D eigenvalue weighted by Crippen LogP contribution is -2.12. The van der Waals surface area contributed by atoms with Gasteiger partial charge in [0.25, 0.3) is 0 Å². The van der Waals surface area contributed by atoms with Crippen LogP contribution in [0.5, 0.6) is 0 Å². The molecule has 0 saturated heterocycles. The van der Waals surface area contributed by atoms with Crippen LogP contribution < -0.4 is 5.32 Å². The van der Waals surface area contributed by atoms with E-state index in [1.165, 1.54) is 18.2 Å². The van der Waals surface area contributed by atoms with E-state index in [1.54, 1.807) is 0 Å². The summed E-state index contributed by atoms with van der Waals surface area (Å²) >= 11 is 0. The summed E-state index contributed by atoms with van der Waals surface area (Å²) in [6, 6.07) is 6.19. The number of nitrogens with one attached hydrogen (secondary N) is 1. The van der Waals surface area contributed by atoms with E-state index < -0.39 is 41.9 Å². The van der Waals surface area contributed by atoms with E-state index in [0.717, 1.165) is 30.9 Å². The number of pyridine rings is 2. The second-order valence-corrected chi connectivity index (χ2v) is 7.38. The van der Waals surface area contributed by atoms with Crippen molar-refractivity contribution in [2.45, 2.75) is 18.5 Å². The molecule has 3 heterocycles. The van der Waals surface area contributed by atoms with Gasteiger partial charge in [0.1, 0.15) is 17.9 Å². The molecule has 13 heteroatoms. The van der Waals surface area contributed by atoms with E-state index in [-0.39, 0.29) is 33.7 Å². The monoisotopic (exact) mass is 495 g/mol. The van der Waals surface area contributed by atoms with Gasteiger partial charge in [0.05, 0.1) is 28.9 Å². The Morgan fingerprint density at radius 1 is 0.857 bits per heavy atom. The van der Waals surface area contributed by atoms with Gasteiger partial charge < -0.3 is 15.5 Å². The lowest BCUT2D eigenvalue weighted by molar-refractivity contribution is -0.138. The number of aliphatic hydroxyl groups excluding tert-OH is 2. The molecule has 0 spiro atoms. The van der Waals surface area contributed by atoms with Crippen LogP contribution in [0.15, 0.2) is 55.1 Å². The van der Waals surface area contributed by atoms with Gasteiger partial charge in [0, 0.05) is 29.2 Å². The van der Waals surface area contributed by atoms with Crippen molar-refractivity contribution in [2.75, 3.05) is 11.9 Å². The topological polar surface area (TPSA) is 104 Å². The van der Waals surface area contributed by atoms with Gasteiger partial charge in [-0.3, -0.25) is 4.98 Å². The summed E-state index contributed by atoms with van der Waals surface area (Å²) in [7, 11) is 0. The predicted molar refractivity (Wildman–Crippen MR) is 112 cm³/mol. The van der Waals surface area contributed by atoms with Crippen LogP contribution in [-0.2, 0) is 12.4 Å². The fourth-order valence-corrected chi connectivity index (χ4v) is 3.26. The SMILES string of the molecule is OCC(O)c1cnc(-c2cnc3c(Nc4ccc(C(F)(F)F)cc4)ncnc3c2)c(C(F)(F)F)c1. The molecule has 3 aromatic heterocycles. The van der Waals surface area contributed by atoms with Crippen LogP contribution in [0.4, 0.5) is 37.8 Å². The van der Waals surface area contributed by atoms with Gasteiger partial charge in [0.15, 0.2) is 5.82 Å². The zero-order chi connectivity index (χ0) is 25.4. The molecule has 0 aliphatic rings. The molecule has 0 amide bonds. The Bertz CT molecular complexity index is 1360. The normalized spacial score (nSPS) is 13.1. The minimum absolute atomic E-state index is 0.0194. The van der Waals surface area contributed by atoms with Crippen LogP contribution in [0.2, 0.25) is 0 Å². The third kappa shape index (κ3) is 5.15. The predicted octanol–water partition coefficient (Wildman–Crippen LogP) is 4.89. The molecule has 4 rings (SSSR count). The van der Waals surface area contributed by atoms with Crippen LogP contribution in [-0.4, -0.2) is 36.8 Å². The molecule has 1 atom stereocenters. The maximum absolute atomic E-state index is 13.7. The Morgan fingerprint density at radius 2 is 1.57 bits per heavy atom. The molecule has 0 fully saturated rings. The van der Waals surface area contributed by atoms with E-state index in [0.29, 0.717) is 6.07 Å². The zero-order valence-corrected chi connectivity index (χ0v) is 17.4. The summed E-state index contributed by atoms with van der Waals surface area (Å²) in [5.41, 5.74) is -2.06. The number of aliphatic hydroxyl groups is 2. The number of aromatic nitrogens is 4. The maximum atomic E-state index is 13.7. The molecule has 0 radical (unpaired) electrons. The highest BCUT2D eigenvalue weighted by molar-refractivity contribution is 5.89. The Kier molecular flexibility index (Phi) is 6.30. The van der Waals surface area contributed by atoms with Crippen LogP contribution in [0.25, 0.3) is 22.3 Å².